The van der Waals surface area contributed by atoms with E-state index in [0.29, 0.717) is 11.3 Å². The smallest absolute Gasteiger partial charge is 0.342 e. The predicted molar refractivity (Wildman–Crippen MR) is 72.5 cm³/mol. The molecule has 21 heavy (non-hydrogen) atoms. The van der Waals surface area contributed by atoms with E-state index in [4.69, 9.17) is 4.74 Å². The highest BCUT2D eigenvalue weighted by Gasteiger charge is 2.26. The van der Waals surface area contributed by atoms with Crippen molar-refractivity contribution in [1.29, 1.82) is 0 Å². The van der Waals surface area contributed by atoms with Crippen molar-refractivity contribution in [2.45, 2.75) is 38.8 Å². The number of urea groups is 1. The molecule has 0 spiro atoms. The standard InChI is InChI=1S/C13H18N4O4/c1-7-10(6-14-17(7)3)12(19)21-8(2)11(18)16-13(20)15-9-4-5-9/h6,8-9H,4-5H2,1-3H3,(H2,15,16,18,20)/t8-/m1/s1. The summed E-state index contributed by atoms with van der Waals surface area (Å²) >= 11 is 0. The molecule has 2 N–H and O–H groups in total. The molecule has 1 heterocycles. The zero-order chi connectivity index (χ0) is 15.6. The van der Waals surface area contributed by atoms with E-state index in [0.717, 1.165) is 12.8 Å². The number of aryl methyl sites for hydroxylation is 1. The Morgan fingerprint density at radius 3 is 2.62 bits per heavy atom. The van der Waals surface area contributed by atoms with Crippen molar-refractivity contribution in [3.8, 4) is 0 Å². The average molecular weight is 294 g/mol. The summed E-state index contributed by atoms with van der Waals surface area (Å²) in [5.74, 6) is -1.31. The van der Waals surface area contributed by atoms with Crippen molar-refractivity contribution < 1.29 is 19.1 Å². The fourth-order valence-electron chi connectivity index (χ4n) is 1.64. The number of nitrogens with zero attached hydrogens (tertiary/aromatic N) is 2. The van der Waals surface area contributed by atoms with Crippen LogP contribution in [0.15, 0.2) is 6.20 Å². The number of esters is 1. The zero-order valence-electron chi connectivity index (χ0n) is 12.2. The number of imide groups is 1. The van der Waals surface area contributed by atoms with Crippen LogP contribution in [0.3, 0.4) is 0 Å². The van der Waals surface area contributed by atoms with Gasteiger partial charge in [0.15, 0.2) is 6.10 Å². The third-order valence-corrected chi connectivity index (χ3v) is 3.26. The van der Waals surface area contributed by atoms with Crippen molar-refractivity contribution in [3.05, 3.63) is 17.5 Å². The van der Waals surface area contributed by atoms with E-state index in [1.807, 2.05) is 0 Å². The molecule has 1 aromatic rings. The van der Waals surface area contributed by atoms with E-state index in [9.17, 15) is 14.4 Å². The first kappa shape index (κ1) is 15.0. The number of hydrogen-bond acceptors (Lipinski definition) is 5. The van der Waals surface area contributed by atoms with Crippen molar-refractivity contribution in [2.75, 3.05) is 0 Å². The number of ether oxygens (including phenoxy) is 1. The van der Waals surface area contributed by atoms with Crippen LogP contribution in [0.5, 0.6) is 0 Å². The van der Waals surface area contributed by atoms with E-state index in [2.05, 4.69) is 15.7 Å². The molecule has 8 nitrogen and oxygen atoms in total. The van der Waals surface area contributed by atoms with Crippen molar-refractivity contribution in [3.63, 3.8) is 0 Å². The Balaban J connectivity index is 1.86. The largest absolute Gasteiger partial charge is 0.449 e. The van der Waals surface area contributed by atoms with E-state index in [1.165, 1.54) is 17.8 Å². The Kier molecular flexibility index (Phi) is 4.25. The van der Waals surface area contributed by atoms with Crippen LogP contribution in [-0.2, 0) is 16.6 Å². The molecule has 1 saturated carbocycles. The maximum Gasteiger partial charge on any atom is 0.342 e. The number of rotatable bonds is 4. The van der Waals surface area contributed by atoms with Crippen LogP contribution >= 0.6 is 0 Å². The lowest BCUT2D eigenvalue weighted by Crippen LogP contribution is -2.45. The number of carbonyl (C=O) groups is 3. The van der Waals surface area contributed by atoms with Crippen molar-refractivity contribution in [1.82, 2.24) is 20.4 Å². The molecule has 1 aromatic heterocycles. The first-order chi connectivity index (χ1) is 9.88. The SMILES string of the molecule is Cc1c(C(=O)O[C@H](C)C(=O)NC(=O)NC2CC2)cnn1C. The first-order valence-electron chi connectivity index (χ1n) is 6.69. The second-order valence-electron chi connectivity index (χ2n) is 5.05. The molecule has 1 atom stereocenters. The minimum Gasteiger partial charge on any atom is -0.449 e. The molecule has 0 aromatic carbocycles. The van der Waals surface area contributed by atoms with E-state index >= 15 is 0 Å². The Labute approximate surface area is 121 Å². The molecular weight excluding hydrogens is 276 g/mol. The molecule has 1 aliphatic rings. The summed E-state index contributed by atoms with van der Waals surface area (Å²) in [4.78, 5) is 35.1. The van der Waals surface area contributed by atoms with Gasteiger partial charge in [0.2, 0.25) is 0 Å². The lowest BCUT2D eigenvalue weighted by molar-refractivity contribution is -0.127. The van der Waals surface area contributed by atoms with Gasteiger partial charge in [-0.2, -0.15) is 5.10 Å². The van der Waals surface area contributed by atoms with Crippen molar-refractivity contribution in [2.24, 2.45) is 7.05 Å². The lowest BCUT2D eigenvalue weighted by atomic mass is 10.2. The van der Waals surface area contributed by atoms with Gasteiger partial charge in [0.25, 0.3) is 5.91 Å². The van der Waals surface area contributed by atoms with Crippen LogP contribution in [-0.4, -0.2) is 39.8 Å². The fourth-order valence-corrected chi connectivity index (χ4v) is 1.64. The summed E-state index contributed by atoms with van der Waals surface area (Å²) in [6.45, 7) is 3.13. The topological polar surface area (TPSA) is 102 Å². The maximum atomic E-state index is 11.9. The highest BCUT2D eigenvalue weighted by Crippen LogP contribution is 2.18. The normalized spacial score (nSPS) is 15.2. The molecular formula is C13H18N4O4. The average Bonchev–Trinajstić information content (AvgIpc) is 3.15. The Morgan fingerprint density at radius 2 is 2.10 bits per heavy atom. The molecule has 1 aliphatic carbocycles. The summed E-state index contributed by atoms with van der Waals surface area (Å²) in [5, 5.41) is 8.68. The van der Waals surface area contributed by atoms with Crippen LogP contribution < -0.4 is 10.6 Å². The summed E-state index contributed by atoms with van der Waals surface area (Å²) in [5.41, 5.74) is 0.929. The van der Waals surface area contributed by atoms with Crippen LogP contribution in [0, 0.1) is 6.92 Å². The molecule has 3 amide bonds. The molecule has 0 radical (unpaired) electrons. The molecule has 8 heteroatoms. The molecule has 0 aliphatic heterocycles. The zero-order valence-corrected chi connectivity index (χ0v) is 12.2. The molecule has 0 unspecified atom stereocenters. The summed E-state index contributed by atoms with van der Waals surface area (Å²) in [6.07, 6.45) is 2.16. The van der Waals surface area contributed by atoms with E-state index in [1.54, 1.807) is 14.0 Å². The van der Waals surface area contributed by atoms with Crippen molar-refractivity contribution >= 4 is 17.9 Å². The van der Waals surface area contributed by atoms with Gasteiger partial charge in [-0.15, -0.1) is 0 Å². The highest BCUT2D eigenvalue weighted by molar-refractivity contribution is 5.98. The van der Waals surface area contributed by atoms with Gasteiger partial charge in [-0.25, -0.2) is 9.59 Å². The first-order valence-corrected chi connectivity index (χ1v) is 6.69. The van der Waals surface area contributed by atoms with E-state index < -0.39 is 24.0 Å². The van der Waals surface area contributed by atoms with Gasteiger partial charge in [-0.05, 0) is 26.7 Å². The molecule has 0 bridgehead atoms. The number of nitrogens with one attached hydrogen (secondary N) is 2. The van der Waals surface area contributed by atoms with Gasteiger partial charge in [-0.3, -0.25) is 14.8 Å². The Bertz CT molecular complexity index is 577. The molecule has 114 valence electrons. The van der Waals surface area contributed by atoms with Gasteiger partial charge in [0, 0.05) is 18.8 Å². The lowest BCUT2D eigenvalue weighted by Gasteiger charge is -2.13. The van der Waals surface area contributed by atoms with Crippen LogP contribution in [0.4, 0.5) is 4.79 Å². The molecule has 2 rings (SSSR count). The summed E-state index contributed by atoms with van der Waals surface area (Å²) in [6, 6.07) is -0.420. The Hall–Kier alpha value is -2.38. The number of carbonyl (C=O) groups excluding carboxylic acids is 3. The third kappa shape index (κ3) is 3.80. The Morgan fingerprint density at radius 1 is 1.43 bits per heavy atom. The van der Waals surface area contributed by atoms with E-state index in [-0.39, 0.29) is 6.04 Å². The second kappa shape index (κ2) is 5.94. The second-order valence-corrected chi connectivity index (χ2v) is 5.05. The maximum absolute atomic E-state index is 11.9. The summed E-state index contributed by atoms with van der Waals surface area (Å²) < 4.78 is 6.56. The quantitative estimate of drug-likeness (QED) is 0.776. The number of amides is 3. The van der Waals surface area contributed by atoms with Crippen LogP contribution in [0.25, 0.3) is 0 Å². The van der Waals surface area contributed by atoms with Crippen LogP contribution in [0.2, 0.25) is 0 Å². The van der Waals surface area contributed by atoms with Gasteiger partial charge < -0.3 is 10.1 Å². The van der Waals surface area contributed by atoms with Gasteiger partial charge in [0.05, 0.1) is 6.20 Å². The fraction of sp³-hybridized carbons (Fsp3) is 0.538. The van der Waals surface area contributed by atoms with Crippen LogP contribution in [0.1, 0.15) is 35.8 Å². The summed E-state index contributed by atoms with van der Waals surface area (Å²) in [7, 11) is 1.70. The number of hydrogen-bond donors (Lipinski definition) is 2. The third-order valence-electron chi connectivity index (χ3n) is 3.26. The minimum atomic E-state index is -1.07. The highest BCUT2D eigenvalue weighted by atomic mass is 16.5. The molecule has 1 fully saturated rings. The number of aromatic nitrogens is 2. The predicted octanol–water partition coefficient (Wildman–Crippen LogP) is 0.262. The van der Waals surface area contributed by atoms with Gasteiger partial charge in [0.1, 0.15) is 5.56 Å². The van der Waals surface area contributed by atoms with Gasteiger partial charge >= 0.3 is 12.0 Å². The van der Waals surface area contributed by atoms with Gasteiger partial charge in [-0.1, -0.05) is 0 Å². The molecule has 0 saturated heterocycles. The monoisotopic (exact) mass is 294 g/mol. The minimum absolute atomic E-state index is 0.147.